The lowest BCUT2D eigenvalue weighted by Crippen LogP contribution is -2.36. The zero-order valence-corrected chi connectivity index (χ0v) is 12.9. The van der Waals surface area contributed by atoms with Crippen molar-refractivity contribution >= 4 is 5.71 Å². The van der Waals surface area contributed by atoms with E-state index in [0.717, 1.165) is 43.8 Å². The molecule has 2 aliphatic heterocycles. The summed E-state index contributed by atoms with van der Waals surface area (Å²) in [6.45, 7) is 2.91. The summed E-state index contributed by atoms with van der Waals surface area (Å²) in [7, 11) is 0. The highest BCUT2D eigenvalue weighted by Crippen LogP contribution is 2.22. The van der Waals surface area contributed by atoms with Crippen LogP contribution in [0.15, 0.2) is 53.7 Å². The summed E-state index contributed by atoms with van der Waals surface area (Å²) in [4.78, 5) is 8.02. The Morgan fingerprint density at radius 3 is 2.70 bits per heavy atom. The zero-order chi connectivity index (χ0) is 15.6. The number of nitrogens with zero attached hydrogens (tertiary/aromatic N) is 2. The minimum absolute atomic E-state index is 0.0836. The molecule has 118 valence electrons. The lowest BCUT2D eigenvalue weighted by molar-refractivity contribution is 0.0488. The fourth-order valence-corrected chi connectivity index (χ4v) is 3.34. The quantitative estimate of drug-likeness (QED) is 0.868. The Labute approximate surface area is 135 Å². The van der Waals surface area contributed by atoms with Gasteiger partial charge < -0.3 is 4.84 Å². The molecule has 0 spiro atoms. The molecule has 2 aliphatic rings. The maximum absolute atomic E-state index is 13.0. The van der Waals surface area contributed by atoms with Gasteiger partial charge in [-0.15, -0.1) is 0 Å². The number of halogens is 1. The van der Waals surface area contributed by atoms with E-state index in [2.05, 4.69) is 34.3 Å². The first-order valence-electron chi connectivity index (χ1n) is 8.06. The van der Waals surface area contributed by atoms with Crippen molar-refractivity contribution in [1.82, 2.24) is 4.90 Å². The van der Waals surface area contributed by atoms with E-state index in [9.17, 15) is 4.39 Å². The average Bonchev–Trinajstić information content (AvgIpc) is 3.04. The number of oxime groups is 1. The Morgan fingerprint density at radius 1 is 1.09 bits per heavy atom. The third-order valence-corrected chi connectivity index (χ3v) is 4.58. The van der Waals surface area contributed by atoms with Crippen LogP contribution < -0.4 is 0 Å². The van der Waals surface area contributed by atoms with Gasteiger partial charge in [0.05, 0.1) is 5.71 Å². The lowest BCUT2D eigenvalue weighted by atomic mass is 9.99. The number of hydrogen-bond acceptors (Lipinski definition) is 3. The van der Waals surface area contributed by atoms with Gasteiger partial charge in [-0.2, -0.15) is 0 Å². The van der Waals surface area contributed by atoms with E-state index in [4.69, 9.17) is 4.84 Å². The van der Waals surface area contributed by atoms with Gasteiger partial charge in [-0.1, -0.05) is 41.6 Å². The van der Waals surface area contributed by atoms with Crippen LogP contribution in [0.3, 0.4) is 0 Å². The molecule has 0 N–H and O–H groups in total. The van der Waals surface area contributed by atoms with Crippen molar-refractivity contribution in [1.29, 1.82) is 0 Å². The third kappa shape index (κ3) is 3.13. The smallest absolute Gasteiger partial charge is 0.145 e. The van der Waals surface area contributed by atoms with E-state index in [1.807, 2.05) is 0 Å². The van der Waals surface area contributed by atoms with Crippen LogP contribution in [0.4, 0.5) is 4.39 Å². The normalized spacial score (nSPS) is 20.7. The van der Waals surface area contributed by atoms with Gasteiger partial charge in [0.2, 0.25) is 0 Å². The average molecular weight is 310 g/mol. The number of rotatable bonds is 3. The SMILES string of the molecule is Fc1ccc(C2=NOC(CN3CCc4ccccc4C3)C2)cc1. The zero-order valence-electron chi connectivity index (χ0n) is 12.9. The van der Waals surface area contributed by atoms with Gasteiger partial charge in [0.25, 0.3) is 0 Å². The fraction of sp³-hybridized carbons (Fsp3) is 0.316. The largest absolute Gasteiger partial charge is 0.390 e. The molecule has 4 heteroatoms. The Kier molecular flexibility index (Phi) is 3.83. The summed E-state index contributed by atoms with van der Waals surface area (Å²) in [6.07, 6.45) is 1.96. The van der Waals surface area contributed by atoms with E-state index in [1.54, 1.807) is 12.1 Å². The van der Waals surface area contributed by atoms with Crippen molar-refractivity contribution in [2.24, 2.45) is 5.16 Å². The molecule has 0 aromatic heterocycles. The van der Waals surface area contributed by atoms with Crippen LogP contribution in [0.1, 0.15) is 23.1 Å². The van der Waals surface area contributed by atoms with Crippen molar-refractivity contribution < 1.29 is 9.23 Å². The number of fused-ring (bicyclic) bond motifs is 1. The summed E-state index contributed by atoms with van der Waals surface area (Å²) in [5, 5.41) is 4.19. The van der Waals surface area contributed by atoms with Gasteiger partial charge in [-0.3, -0.25) is 4.90 Å². The molecule has 23 heavy (non-hydrogen) atoms. The molecule has 1 unspecified atom stereocenters. The highest BCUT2D eigenvalue weighted by Gasteiger charge is 2.26. The minimum atomic E-state index is -0.225. The van der Waals surface area contributed by atoms with E-state index in [-0.39, 0.29) is 11.9 Å². The molecule has 2 aromatic carbocycles. The summed E-state index contributed by atoms with van der Waals surface area (Å²) in [5.41, 5.74) is 4.72. The van der Waals surface area contributed by atoms with Gasteiger partial charge in [-0.25, -0.2) is 4.39 Å². The Balaban J connectivity index is 1.36. The Morgan fingerprint density at radius 2 is 1.87 bits per heavy atom. The maximum Gasteiger partial charge on any atom is 0.145 e. The fourth-order valence-electron chi connectivity index (χ4n) is 3.34. The van der Waals surface area contributed by atoms with E-state index in [1.165, 1.54) is 23.3 Å². The first-order valence-corrected chi connectivity index (χ1v) is 8.06. The maximum atomic E-state index is 13.0. The highest BCUT2D eigenvalue weighted by molar-refractivity contribution is 6.01. The van der Waals surface area contributed by atoms with Crippen molar-refractivity contribution in [3.05, 3.63) is 71.0 Å². The summed E-state index contributed by atoms with van der Waals surface area (Å²) < 4.78 is 13.0. The van der Waals surface area contributed by atoms with Gasteiger partial charge in [0, 0.05) is 26.1 Å². The van der Waals surface area contributed by atoms with E-state index < -0.39 is 0 Å². The molecule has 0 bridgehead atoms. The standard InChI is InChI=1S/C19H19FN2O/c20-17-7-5-15(6-8-17)19-11-18(23-21-19)13-22-10-9-14-3-1-2-4-16(14)12-22/h1-8,18H,9-13H2. The van der Waals surface area contributed by atoms with Gasteiger partial charge in [0.15, 0.2) is 0 Å². The predicted octanol–water partition coefficient (Wildman–Crippen LogP) is 3.38. The second-order valence-electron chi connectivity index (χ2n) is 6.23. The first kappa shape index (κ1) is 14.4. The van der Waals surface area contributed by atoms with Crippen molar-refractivity contribution in [2.75, 3.05) is 13.1 Å². The summed E-state index contributed by atoms with van der Waals surface area (Å²) >= 11 is 0. The molecular weight excluding hydrogens is 291 g/mol. The monoisotopic (exact) mass is 310 g/mol. The van der Waals surface area contributed by atoms with Gasteiger partial charge in [0.1, 0.15) is 11.9 Å². The topological polar surface area (TPSA) is 24.8 Å². The second-order valence-corrected chi connectivity index (χ2v) is 6.23. The number of hydrogen-bond donors (Lipinski definition) is 0. The molecule has 4 rings (SSSR count). The molecule has 0 radical (unpaired) electrons. The van der Waals surface area contributed by atoms with Crippen LogP contribution in [0.25, 0.3) is 0 Å². The first-order chi connectivity index (χ1) is 11.3. The summed E-state index contributed by atoms with van der Waals surface area (Å²) in [6, 6.07) is 15.1. The minimum Gasteiger partial charge on any atom is -0.390 e. The molecule has 1 atom stereocenters. The molecule has 0 fully saturated rings. The van der Waals surface area contributed by atoms with Crippen LogP contribution in [0, 0.1) is 5.82 Å². The van der Waals surface area contributed by atoms with Crippen molar-refractivity contribution in [3.63, 3.8) is 0 Å². The van der Waals surface area contributed by atoms with Crippen LogP contribution in [0.5, 0.6) is 0 Å². The molecule has 3 nitrogen and oxygen atoms in total. The second kappa shape index (κ2) is 6.13. The molecular formula is C19H19FN2O. The van der Waals surface area contributed by atoms with E-state index in [0.29, 0.717) is 0 Å². The Hall–Kier alpha value is -2.20. The molecule has 2 heterocycles. The van der Waals surface area contributed by atoms with Crippen LogP contribution in [-0.2, 0) is 17.8 Å². The highest BCUT2D eigenvalue weighted by atomic mass is 19.1. The third-order valence-electron chi connectivity index (χ3n) is 4.58. The van der Waals surface area contributed by atoms with Crippen molar-refractivity contribution in [2.45, 2.75) is 25.5 Å². The molecule has 0 saturated carbocycles. The molecule has 2 aromatic rings. The van der Waals surface area contributed by atoms with Gasteiger partial charge >= 0.3 is 0 Å². The lowest BCUT2D eigenvalue weighted by Gasteiger charge is -2.29. The molecule has 0 saturated heterocycles. The Bertz CT molecular complexity index is 726. The predicted molar refractivity (Wildman–Crippen MR) is 87.9 cm³/mol. The molecule has 0 amide bonds. The van der Waals surface area contributed by atoms with Crippen molar-refractivity contribution in [3.8, 4) is 0 Å². The number of benzene rings is 2. The van der Waals surface area contributed by atoms with Crippen LogP contribution in [-0.4, -0.2) is 29.8 Å². The molecule has 0 aliphatic carbocycles. The van der Waals surface area contributed by atoms with Crippen LogP contribution in [0.2, 0.25) is 0 Å². The van der Waals surface area contributed by atoms with Crippen LogP contribution >= 0.6 is 0 Å². The summed E-state index contributed by atoms with van der Waals surface area (Å²) in [5.74, 6) is -0.225. The van der Waals surface area contributed by atoms with E-state index >= 15 is 0 Å². The van der Waals surface area contributed by atoms with Gasteiger partial charge in [-0.05, 0) is 35.2 Å².